The summed E-state index contributed by atoms with van der Waals surface area (Å²) in [7, 11) is 3.16. The van der Waals surface area contributed by atoms with Gasteiger partial charge in [0.05, 0.1) is 19.9 Å². The fourth-order valence-electron chi connectivity index (χ4n) is 3.96. The molecule has 8 nitrogen and oxygen atoms in total. The summed E-state index contributed by atoms with van der Waals surface area (Å²) in [6, 6.07) is 15.5. The predicted molar refractivity (Wildman–Crippen MR) is 129 cm³/mol. The second-order valence-corrected chi connectivity index (χ2v) is 8.10. The van der Waals surface area contributed by atoms with E-state index in [9.17, 15) is 4.79 Å². The van der Waals surface area contributed by atoms with Crippen molar-refractivity contribution in [3.05, 3.63) is 59.7 Å². The average Bonchev–Trinajstić information content (AvgIpc) is 2.84. The van der Waals surface area contributed by atoms with Gasteiger partial charge in [-0.1, -0.05) is 23.8 Å². The summed E-state index contributed by atoms with van der Waals surface area (Å²) in [4.78, 5) is 16.7. The van der Waals surface area contributed by atoms with Crippen LogP contribution in [0.2, 0.25) is 0 Å². The molecule has 1 aliphatic rings. The van der Waals surface area contributed by atoms with Crippen LogP contribution < -0.4 is 19.7 Å². The van der Waals surface area contributed by atoms with Gasteiger partial charge in [-0.15, -0.1) is 10.2 Å². The Bertz CT molecular complexity index is 1100. The Morgan fingerprint density at radius 2 is 1.58 bits per heavy atom. The molecule has 4 rings (SSSR count). The van der Waals surface area contributed by atoms with E-state index in [1.165, 1.54) is 11.1 Å². The standard InChI is InChI=1S/C25H29N5O3/c1-17-5-6-22(18(2)13-17)23-7-8-24(28-27-23)29-9-11-30(12-10-29)25(31)26-19-14-20(32-3)16-21(15-19)33-4/h5-8,13-16H,9-12H2,1-4H3,(H,26,31). The minimum Gasteiger partial charge on any atom is -0.497 e. The molecular weight excluding hydrogens is 418 g/mol. The van der Waals surface area contributed by atoms with Gasteiger partial charge in [0.2, 0.25) is 0 Å². The first-order valence-electron chi connectivity index (χ1n) is 10.9. The quantitative estimate of drug-likeness (QED) is 0.634. The highest BCUT2D eigenvalue weighted by molar-refractivity contribution is 5.90. The molecule has 0 bridgehead atoms. The van der Waals surface area contributed by atoms with E-state index in [2.05, 4.69) is 52.5 Å². The zero-order valence-corrected chi connectivity index (χ0v) is 19.5. The number of methoxy groups -OCH3 is 2. The Kier molecular flexibility index (Phi) is 6.63. The van der Waals surface area contributed by atoms with E-state index in [4.69, 9.17) is 9.47 Å². The minimum atomic E-state index is -0.152. The number of nitrogens with zero attached hydrogens (tertiary/aromatic N) is 4. The van der Waals surface area contributed by atoms with Crippen molar-refractivity contribution in [1.29, 1.82) is 0 Å². The molecule has 0 aliphatic carbocycles. The van der Waals surface area contributed by atoms with Crippen molar-refractivity contribution in [2.75, 3.05) is 50.6 Å². The van der Waals surface area contributed by atoms with Gasteiger partial charge >= 0.3 is 6.03 Å². The number of carbonyl (C=O) groups is 1. The van der Waals surface area contributed by atoms with Crippen LogP contribution in [0.25, 0.3) is 11.3 Å². The number of carbonyl (C=O) groups excluding carboxylic acids is 1. The Hall–Kier alpha value is -3.81. The molecule has 172 valence electrons. The first-order valence-corrected chi connectivity index (χ1v) is 10.9. The molecule has 2 heterocycles. The van der Waals surface area contributed by atoms with Crippen LogP contribution in [0.15, 0.2) is 48.5 Å². The second-order valence-electron chi connectivity index (χ2n) is 8.10. The highest BCUT2D eigenvalue weighted by atomic mass is 16.5. The third-order valence-electron chi connectivity index (χ3n) is 5.80. The molecule has 3 aromatic rings. The van der Waals surface area contributed by atoms with Crippen LogP contribution in [-0.2, 0) is 0 Å². The molecule has 2 aromatic carbocycles. The average molecular weight is 448 g/mol. The van der Waals surface area contributed by atoms with Crippen LogP contribution in [-0.4, -0.2) is 61.5 Å². The smallest absolute Gasteiger partial charge is 0.321 e. The molecular formula is C25H29N5O3. The van der Waals surface area contributed by atoms with E-state index in [0.717, 1.165) is 17.1 Å². The lowest BCUT2D eigenvalue weighted by Crippen LogP contribution is -2.50. The number of anilines is 2. The van der Waals surface area contributed by atoms with Gasteiger partial charge in [0.25, 0.3) is 0 Å². The number of hydrogen-bond donors (Lipinski definition) is 1. The van der Waals surface area contributed by atoms with E-state index in [1.807, 2.05) is 12.1 Å². The molecule has 1 fully saturated rings. The Morgan fingerprint density at radius 1 is 0.879 bits per heavy atom. The summed E-state index contributed by atoms with van der Waals surface area (Å²) in [6.45, 7) is 6.72. The van der Waals surface area contributed by atoms with E-state index in [-0.39, 0.29) is 6.03 Å². The topological polar surface area (TPSA) is 79.8 Å². The third kappa shape index (κ3) is 5.16. The van der Waals surface area contributed by atoms with Crippen LogP contribution in [0.5, 0.6) is 11.5 Å². The number of benzene rings is 2. The first kappa shape index (κ1) is 22.4. The van der Waals surface area contributed by atoms with Gasteiger partial charge < -0.3 is 24.6 Å². The highest BCUT2D eigenvalue weighted by Crippen LogP contribution is 2.26. The molecule has 33 heavy (non-hydrogen) atoms. The van der Waals surface area contributed by atoms with E-state index in [0.29, 0.717) is 43.4 Å². The summed E-state index contributed by atoms with van der Waals surface area (Å²) in [5, 5.41) is 11.8. The van der Waals surface area contributed by atoms with Crippen LogP contribution in [0.4, 0.5) is 16.3 Å². The van der Waals surface area contributed by atoms with Gasteiger partial charge in [0.1, 0.15) is 11.5 Å². The van der Waals surface area contributed by atoms with Crippen molar-refractivity contribution < 1.29 is 14.3 Å². The fourth-order valence-corrected chi connectivity index (χ4v) is 3.96. The molecule has 1 saturated heterocycles. The Labute approximate surface area is 194 Å². The number of aromatic nitrogens is 2. The van der Waals surface area contributed by atoms with Crippen LogP contribution in [0.3, 0.4) is 0 Å². The number of amides is 2. The number of aryl methyl sites for hydroxylation is 2. The zero-order valence-electron chi connectivity index (χ0n) is 19.5. The number of nitrogens with one attached hydrogen (secondary N) is 1. The van der Waals surface area contributed by atoms with Gasteiger partial charge in [0, 0.05) is 55.6 Å². The summed E-state index contributed by atoms with van der Waals surface area (Å²) < 4.78 is 10.5. The lowest BCUT2D eigenvalue weighted by atomic mass is 10.0. The number of rotatable bonds is 5. The number of ether oxygens (including phenoxy) is 2. The van der Waals surface area contributed by atoms with Crippen molar-refractivity contribution in [1.82, 2.24) is 15.1 Å². The number of piperazine rings is 1. The van der Waals surface area contributed by atoms with E-state index >= 15 is 0 Å². The third-order valence-corrected chi connectivity index (χ3v) is 5.80. The molecule has 1 N–H and O–H groups in total. The maximum absolute atomic E-state index is 12.8. The van der Waals surface area contributed by atoms with Crippen molar-refractivity contribution in [2.24, 2.45) is 0 Å². The maximum Gasteiger partial charge on any atom is 0.321 e. The molecule has 8 heteroatoms. The molecule has 0 atom stereocenters. The van der Waals surface area contributed by atoms with Crippen molar-refractivity contribution >= 4 is 17.5 Å². The summed E-state index contributed by atoms with van der Waals surface area (Å²) in [5.41, 5.74) is 5.00. The normalized spacial score (nSPS) is 13.6. The lowest BCUT2D eigenvalue weighted by Gasteiger charge is -2.35. The fraction of sp³-hybridized carbons (Fsp3) is 0.320. The number of hydrogen-bond acceptors (Lipinski definition) is 6. The monoisotopic (exact) mass is 447 g/mol. The van der Waals surface area contributed by atoms with Gasteiger partial charge in [-0.2, -0.15) is 0 Å². The Balaban J connectivity index is 1.36. The van der Waals surface area contributed by atoms with E-state index in [1.54, 1.807) is 37.3 Å². The highest BCUT2D eigenvalue weighted by Gasteiger charge is 2.22. The lowest BCUT2D eigenvalue weighted by molar-refractivity contribution is 0.208. The van der Waals surface area contributed by atoms with Gasteiger partial charge in [-0.05, 0) is 31.5 Å². The second kappa shape index (κ2) is 9.77. The van der Waals surface area contributed by atoms with Crippen LogP contribution in [0, 0.1) is 13.8 Å². The Morgan fingerprint density at radius 3 is 2.15 bits per heavy atom. The first-order chi connectivity index (χ1) is 16.0. The number of urea groups is 1. The summed E-state index contributed by atoms with van der Waals surface area (Å²) in [5.74, 6) is 2.07. The maximum atomic E-state index is 12.8. The van der Waals surface area contributed by atoms with Gasteiger partial charge in [-0.3, -0.25) is 0 Å². The molecule has 0 unspecified atom stereocenters. The summed E-state index contributed by atoms with van der Waals surface area (Å²) >= 11 is 0. The molecule has 0 spiro atoms. The molecule has 1 aliphatic heterocycles. The minimum absolute atomic E-state index is 0.152. The van der Waals surface area contributed by atoms with Crippen molar-refractivity contribution in [3.63, 3.8) is 0 Å². The van der Waals surface area contributed by atoms with Crippen molar-refractivity contribution in [2.45, 2.75) is 13.8 Å². The summed E-state index contributed by atoms with van der Waals surface area (Å²) in [6.07, 6.45) is 0. The predicted octanol–water partition coefficient (Wildman–Crippen LogP) is 4.13. The zero-order chi connectivity index (χ0) is 23.4. The molecule has 2 amide bonds. The van der Waals surface area contributed by atoms with Crippen molar-refractivity contribution in [3.8, 4) is 22.8 Å². The SMILES string of the molecule is COc1cc(NC(=O)N2CCN(c3ccc(-c4ccc(C)cc4C)nn3)CC2)cc(OC)c1. The largest absolute Gasteiger partial charge is 0.497 e. The molecule has 1 aromatic heterocycles. The van der Waals surface area contributed by atoms with Gasteiger partial charge in [-0.25, -0.2) is 4.79 Å². The molecule has 0 radical (unpaired) electrons. The van der Waals surface area contributed by atoms with Crippen LogP contribution in [0.1, 0.15) is 11.1 Å². The van der Waals surface area contributed by atoms with E-state index < -0.39 is 0 Å². The van der Waals surface area contributed by atoms with Gasteiger partial charge in [0.15, 0.2) is 5.82 Å². The molecule has 0 saturated carbocycles. The van der Waals surface area contributed by atoms with Crippen LogP contribution >= 0.6 is 0 Å².